The van der Waals surface area contributed by atoms with Gasteiger partial charge in [0.2, 0.25) is 0 Å². The Morgan fingerprint density at radius 3 is 2.52 bits per heavy atom. The highest BCUT2D eigenvalue weighted by Crippen LogP contribution is 2.23. The second-order valence-electron chi connectivity index (χ2n) is 7.14. The van der Waals surface area contributed by atoms with Crippen molar-refractivity contribution in [3.63, 3.8) is 0 Å². The Hall–Kier alpha value is -2.85. The third kappa shape index (κ3) is 6.33. The van der Waals surface area contributed by atoms with Gasteiger partial charge in [-0.1, -0.05) is 55.8 Å². The highest BCUT2D eigenvalue weighted by atomic mass is 16.6. The summed E-state index contributed by atoms with van der Waals surface area (Å²) in [4.78, 5) is 12.4. The van der Waals surface area contributed by atoms with Gasteiger partial charge in [-0.2, -0.15) is 0 Å². The fourth-order valence-electron chi connectivity index (χ4n) is 2.96. The smallest absolute Gasteiger partial charge is 0.338 e. The summed E-state index contributed by atoms with van der Waals surface area (Å²) in [5.74, 6) is 0.470. The first-order chi connectivity index (χ1) is 14.2. The third-order valence-corrected chi connectivity index (χ3v) is 4.60. The van der Waals surface area contributed by atoms with Crippen molar-refractivity contribution in [2.45, 2.75) is 39.4 Å². The lowest BCUT2D eigenvalue weighted by Gasteiger charge is -2.14. The summed E-state index contributed by atoms with van der Waals surface area (Å²) < 4.78 is 16.9. The molecule has 3 aromatic carbocycles. The molecule has 0 saturated carbocycles. The predicted molar refractivity (Wildman–Crippen MR) is 115 cm³/mol. The topological polar surface area (TPSA) is 44.8 Å². The van der Waals surface area contributed by atoms with Crippen molar-refractivity contribution in [2.75, 3.05) is 13.2 Å². The van der Waals surface area contributed by atoms with Crippen LogP contribution in [0, 0.1) is 0 Å². The van der Waals surface area contributed by atoms with Crippen molar-refractivity contribution < 1.29 is 19.0 Å². The van der Waals surface area contributed by atoms with E-state index in [-0.39, 0.29) is 12.1 Å². The van der Waals surface area contributed by atoms with E-state index in [2.05, 4.69) is 6.92 Å². The van der Waals surface area contributed by atoms with E-state index in [1.54, 1.807) is 6.07 Å². The van der Waals surface area contributed by atoms with Gasteiger partial charge in [0.15, 0.2) is 0 Å². The van der Waals surface area contributed by atoms with E-state index in [9.17, 15) is 4.79 Å². The summed E-state index contributed by atoms with van der Waals surface area (Å²) in [7, 11) is 0. The second-order valence-corrected chi connectivity index (χ2v) is 7.14. The quantitative estimate of drug-likeness (QED) is 0.324. The molecule has 0 bridgehead atoms. The van der Waals surface area contributed by atoms with Crippen LogP contribution in [0.3, 0.4) is 0 Å². The maximum atomic E-state index is 12.4. The summed E-state index contributed by atoms with van der Waals surface area (Å²) in [6.45, 7) is 5.60. The van der Waals surface area contributed by atoms with Gasteiger partial charge in [-0.15, -0.1) is 0 Å². The molecule has 0 amide bonds. The average Bonchev–Trinajstić information content (AvgIpc) is 2.75. The zero-order chi connectivity index (χ0) is 20.5. The molecule has 0 fully saturated rings. The first-order valence-corrected chi connectivity index (χ1v) is 10.1. The molecule has 29 heavy (non-hydrogen) atoms. The van der Waals surface area contributed by atoms with E-state index < -0.39 is 0 Å². The molecule has 0 saturated heterocycles. The van der Waals surface area contributed by atoms with E-state index in [1.165, 1.54) is 0 Å². The number of esters is 1. The van der Waals surface area contributed by atoms with Gasteiger partial charge in [0, 0.05) is 6.61 Å². The van der Waals surface area contributed by atoms with Gasteiger partial charge in [-0.05, 0) is 53.9 Å². The van der Waals surface area contributed by atoms with Crippen LogP contribution < -0.4 is 4.74 Å². The van der Waals surface area contributed by atoms with Crippen molar-refractivity contribution in [1.29, 1.82) is 0 Å². The van der Waals surface area contributed by atoms with E-state index in [0.29, 0.717) is 25.4 Å². The van der Waals surface area contributed by atoms with Gasteiger partial charge in [0.05, 0.1) is 12.2 Å². The van der Waals surface area contributed by atoms with Crippen molar-refractivity contribution in [1.82, 2.24) is 0 Å². The van der Waals surface area contributed by atoms with Gasteiger partial charge < -0.3 is 14.2 Å². The molecule has 4 heteroatoms. The molecule has 4 nitrogen and oxygen atoms in total. The molecular formula is C25H28O4. The average molecular weight is 392 g/mol. The van der Waals surface area contributed by atoms with Gasteiger partial charge in [0.1, 0.15) is 18.5 Å². The number of fused-ring (bicyclic) bond motifs is 1. The normalized spacial score (nSPS) is 11.9. The number of rotatable bonds is 10. The van der Waals surface area contributed by atoms with Crippen LogP contribution in [0.15, 0.2) is 66.7 Å². The van der Waals surface area contributed by atoms with Crippen LogP contribution in [0.4, 0.5) is 0 Å². The van der Waals surface area contributed by atoms with Crippen LogP contribution in [-0.4, -0.2) is 25.3 Å². The SMILES string of the molecule is CCCCOCC(C)OC(=O)c1ccc2cc(OCc3ccccc3)ccc2c1. The Balaban J connectivity index is 1.59. The Morgan fingerprint density at radius 1 is 0.966 bits per heavy atom. The molecule has 3 aromatic rings. The van der Waals surface area contributed by atoms with Crippen molar-refractivity contribution >= 4 is 16.7 Å². The van der Waals surface area contributed by atoms with Gasteiger partial charge in [-0.3, -0.25) is 0 Å². The number of unbranched alkanes of at least 4 members (excludes halogenated alkanes) is 1. The first-order valence-electron chi connectivity index (χ1n) is 10.1. The summed E-state index contributed by atoms with van der Waals surface area (Å²) in [5.41, 5.74) is 1.66. The molecule has 152 valence electrons. The highest BCUT2D eigenvalue weighted by molar-refractivity contribution is 5.95. The zero-order valence-electron chi connectivity index (χ0n) is 17.1. The maximum Gasteiger partial charge on any atom is 0.338 e. The van der Waals surface area contributed by atoms with Gasteiger partial charge >= 0.3 is 5.97 Å². The first kappa shape index (κ1) is 20.9. The summed E-state index contributed by atoms with van der Waals surface area (Å²) >= 11 is 0. The molecule has 0 aliphatic rings. The number of hydrogen-bond acceptors (Lipinski definition) is 4. The fraction of sp³-hybridized carbons (Fsp3) is 0.320. The number of hydrogen-bond donors (Lipinski definition) is 0. The van der Waals surface area contributed by atoms with E-state index in [1.807, 2.05) is 67.6 Å². The van der Waals surface area contributed by atoms with E-state index in [0.717, 1.165) is 34.9 Å². The van der Waals surface area contributed by atoms with Crippen LogP contribution in [0.2, 0.25) is 0 Å². The molecule has 0 aliphatic carbocycles. The third-order valence-electron chi connectivity index (χ3n) is 4.60. The molecule has 1 atom stereocenters. The summed E-state index contributed by atoms with van der Waals surface area (Å²) in [5, 5.41) is 1.99. The molecule has 0 heterocycles. The highest BCUT2D eigenvalue weighted by Gasteiger charge is 2.13. The zero-order valence-corrected chi connectivity index (χ0v) is 17.1. The minimum absolute atomic E-state index is 0.274. The summed E-state index contributed by atoms with van der Waals surface area (Å²) in [6.07, 6.45) is 1.83. The molecule has 0 spiro atoms. The lowest BCUT2D eigenvalue weighted by molar-refractivity contribution is 0.00171. The van der Waals surface area contributed by atoms with Gasteiger partial charge in [0.25, 0.3) is 0 Å². The molecule has 0 N–H and O–H groups in total. The monoisotopic (exact) mass is 392 g/mol. The number of benzene rings is 3. The number of carbonyl (C=O) groups is 1. The minimum Gasteiger partial charge on any atom is -0.489 e. The van der Waals surface area contributed by atoms with Crippen LogP contribution in [0.1, 0.15) is 42.6 Å². The minimum atomic E-state index is -0.331. The largest absolute Gasteiger partial charge is 0.489 e. The molecule has 0 aromatic heterocycles. The molecule has 3 rings (SSSR count). The molecule has 0 aliphatic heterocycles. The predicted octanol–water partition coefficient (Wildman–Crippen LogP) is 5.78. The van der Waals surface area contributed by atoms with E-state index >= 15 is 0 Å². The Kier molecular flexibility index (Phi) is 7.65. The molecule has 0 radical (unpaired) electrons. The van der Waals surface area contributed by atoms with Crippen LogP contribution in [0.25, 0.3) is 10.8 Å². The lowest BCUT2D eigenvalue weighted by Crippen LogP contribution is -2.20. The standard InChI is InChI=1S/C25H28O4/c1-3-4-14-27-17-19(2)29-25(26)23-11-10-22-16-24(13-12-21(22)15-23)28-18-20-8-6-5-7-9-20/h5-13,15-16,19H,3-4,14,17-18H2,1-2H3. The second kappa shape index (κ2) is 10.6. The maximum absolute atomic E-state index is 12.4. The Bertz CT molecular complexity index is 921. The van der Waals surface area contributed by atoms with Gasteiger partial charge in [-0.25, -0.2) is 4.79 Å². The van der Waals surface area contributed by atoms with Crippen LogP contribution >= 0.6 is 0 Å². The molecule has 1 unspecified atom stereocenters. The summed E-state index contributed by atoms with van der Waals surface area (Å²) in [6, 6.07) is 21.5. The van der Waals surface area contributed by atoms with Crippen molar-refractivity contribution in [3.05, 3.63) is 77.9 Å². The van der Waals surface area contributed by atoms with Crippen molar-refractivity contribution in [2.24, 2.45) is 0 Å². The Labute approximate surface area is 172 Å². The van der Waals surface area contributed by atoms with Crippen molar-refractivity contribution in [3.8, 4) is 5.75 Å². The van der Waals surface area contributed by atoms with Crippen LogP contribution in [-0.2, 0) is 16.1 Å². The van der Waals surface area contributed by atoms with E-state index in [4.69, 9.17) is 14.2 Å². The number of ether oxygens (including phenoxy) is 3. The lowest BCUT2D eigenvalue weighted by atomic mass is 10.1. The Morgan fingerprint density at radius 2 is 1.72 bits per heavy atom. The fourth-order valence-corrected chi connectivity index (χ4v) is 2.96. The molecular weight excluding hydrogens is 364 g/mol. The van der Waals surface area contributed by atoms with Crippen LogP contribution in [0.5, 0.6) is 5.75 Å². The number of carbonyl (C=O) groups excluding carboxylic acids is 1.